The summed E-state index contributed by atoms with van der Waals surface area (Å²) in [6, 6.07) is -0.883. The van der Waals surface area contributed by atoms with Crippen molar-refractivity contribution in [2.45, 2.75) is 386 Å². The van der Waals surface area contributed by atoms with Gasteiger partial charge in [0.15, 0.2) is 0 Å². The number of unbranched alkanes of at least 4 members (excludes halogenated alkanes) is 53. The van der Waals surface area contributed by atoms with Gasteiger partial charge in [-0.25, -0.2) is 0 Å². The van der Waals surface area contributed by atoms with Gasteiger partial charge < -0.3 is 28.8 Å². The first-order valence-corrected chi connectivity index (χ1v) is 36.5. The number of amides is 1. The van der Waals surface area contributed by atoms with Crippen LogP contribution in [0.2, 0.25) is 0 Å². The van der Waals surface area contributed by atoms with Crippen LogP contribution in [0, 0.1) is 0 Å². The van der Waals surface area contributed by atoms with Crippen molar-refractivity contribution >= 4 is 13.7 Å². The van der Waals surface area contributed by atoms with Crippen LogP contribution in [0.5, 0.6) is 0 Å². The van der Waals surface area contributed by atoms with Crippen molar-refractivity contribution in [2.75, 3.05) is 40.9 Å². The molecule has 8 nitrogen and oxygen atoms in total. The second-order valence-corrected chi connectivity index (χ2v) is 27.0. The molecule has 2 N–H and O–H groups in total. The van der Waals surface area contributed by atoms with Crippen LogP contribution in [-0.4, -0.2) is 68.5 Å². The van der Waals surface area contributed by atoms with Crippen molar-refractivity contribution in [1.29, 1.82) is 0 Å². The molecule has 0 aromatic carbocycles. The molecule has 0 bridgehead atoms. The molecule has 0 aromatic heterocycles. The molecular formula is C69H139N2O6P. The van der Waals surface area contributed by atoms with E-state index in [2.05, 4.69) is 19.2 Å². The first kappa shape index (κ1) is 77.2. The molecule has 466 valence electrons. The quantitative estimate of drug-likeness (QED) is 0.0272. The molecule has 78 heavy (non-hydrogen) atoms. The monoisotopic (exact) mass is 1120 g/mol. The van der Waals surface area contributed by atoms with E-state index in [0.29, 0.717) is 17.4 Å². The van der Waals surface area contributed by atoms with Crippen LogP contribution in [0.4, 0.5) is 0 Å². The Morgan fingerprint density at radius 3 is 0.962 bits per heavy atom. The standard InChI is InChI=1S/C69H139N2O6P/c1-6-8-10-12-14-16-18-20-22-24-26-28-30-31-32-33-34-35-36-37-38-39-41-43-45-47-49-51-53-55-57-59-61-63-69(73)70-67(66-77-78(74,75)76-65-64-71(3,4)5)68(72)62-60-58-56-54-52-50-48-46-44-42-40-29-27-25-23-21-19-17-15-13-11-9-7-2/h60,62,67-68,72H,6-59,61,63-66H2,1-5H3,(H-,70,73,74,75)/b62-60+. The van der Waals surface area contributed by atoms with Crippen molar-refractivity contribution < 1.29 is 32.9 Å². The number of phosphoric ester groups is 1. The minimum Gasteiger partial charge on any atom is -0.756 e. The van der Waals surface area contributed by atoms with Crippen LogP contribution in [-0.2, 0) is 18.4 Å². The third kappa shape index (κ3) is 62.8. The van der Waals surface area contributed by atoms with Gasteiger partial charge in [-0.1, -0.05) is 360 Å². The Bertz CT molecular complexity index is 1280. The molecule has 3 unspecified atom stereocenters. The average Bonchev–Trinajstić information content (AvgIpc) is 3.41. The van der Waals surface area contributed by atoms with Crippen molar-refractivity contribution in [3.05, 3.63) is 12.2 Å². The zero-order chi connectivity index (χ0) is 57.0. The van der Waals surface area contributed by atoms with Gasteiger partial charge >= 0.3 is 0 Å². The zero-order valence-electron chi connectivity index (χ0n) is 53.4. The number of hydrogen-bond donors (Lipinski definition) is 2. The summed E-state index contributed by atoms with van der Waals surface area (Å²) in [6.45, 7) is 4.72. The maximum Gasteiger partial charge on any atom is 0.268 e. The fourth-order valence-electron chi connectivity index (χ4n) is 11.0. The van der Waals surface area contributed by atoms with Crippen LogP contribution < -0.4 is 10.2 Å². The van der Waals surface area contributed by atoms with Gasteiger partial charge in [0.25, 0.3) is 7.82 Å². The summed E-state index contributed by atoms with van der Waals surface area (Å²) in [5, 5.41) is 14.0. The van der Waals surface area contributed by atoms with Crippen molar-refractivity contribution in [2.24, 2.45) is 0 Å². The minimum atomic E-state index is -4.60. The van der Waals surface area contributed by atoms with E-state index in [-0.39, 0.29) is 19.1 Å². The van der Waals surface area contributed by atoms with Gasteiger partial charge in [-0.2, -0.15) is 0 Å². The van der Waals surface area contributed by atoms with E-state index in [1.54, 1.807) is 6.08 Å². The van der Waals surface area contributed by atoms with Crippen molar-refractivity contribution in [3.63, 3.8) is 0 Å². The summed E-state index contributed by atoms with van der Waals surface area (Å²) in [5.74, 6) is -0.187. The predicted octanol–water partition coefficient (Wildman–Crippen LogP) is 21.5. The third-order valence-corrected chi connectivity index (χ3v) is 17.5. The molecular weight excluding hydrogens is 984 g/mol. The van der Waals surface area contributed by atoms with Crippen molar-refractivity contribution in [1.82, 2.24) is 5.32 Å². The van der Waals surface area contributed by atoms with Gasteiger partial charge in [0.1, 0.15) is 13.2 Å². The SMILES string of the molecule is CCCCCCCCCCCCCCCCCCCCCCC/C=C/C(O)C(COP(=O)([O-])OCC[N+](C)(C)C)NC(=O)CCCCCCCCCCCCCCCCCCCCCCCCCCCCCCCCCCC. The summed E-state index contributed by atoms with van der Waals surface area (Å²) >= 11 is 0. The Hall–Kier alpha value is -0.760. The lowest BCUT2D eigenvalue weighted by Crippen LogP contribution is -2.45. The molecule has 0 aromatic rings. The maximum atomic E-state index is 13.0. The zero-order valence-corrected chi connectivity index (χ0v) is 54.3. The number of carbonyl (C=O) groups is 1. The molecule has 0 radical (unpaired) electrons. The Labute approximate surface area is 488 Å². The topological polar surface area (TPSA) is 108 Å². The van der Waals surface area contributed by atoms with Crippen molar-refractivity contribution in [3.8, 4) is 0 Å². The summed E-state index contributed by atoms with van der Waals surface area (Å²) in [7, 11) is 1.28. The highest BCUT2D eigenvalue weighted by molar-refractivity contribution is 7.45. The molecule has 0 aliphatic heterocycles. The van der Waals surface area contributed by atoms with Crippen LogP contribution in [0.3, 0.4) is 0 Å². The third-order valence-electron chi connectivity index (χ3n) is 16.5. The van der Waals surface area contributed by atoms with E-state index < -0.39 is 20.0 Å². The Morgan fingerprint density at radius 2 is 0.692 bits per heavy atom. The smallest absolute Gasteiger partial charge is 0.268 e. The molecule has 0 rings (SSSR count). The fraction of sp³-hybridized carbons (Fsp3) is 0.957. The lowest BCUT2D eigenvalue weighted by Gasteiger charge is -2.29. The van der Waals surface area contributed by atoms with Gasteiger partial charge in [0.2, 0.25) is 5.91 Å². The molecule has 0 fully saturated rings. The Kier molecular flexibility index (Phi) is 60.2. The molecule has 0 saturated heterocycles. The molecule has 0 saturated carbocycles. The number of likely N-dealkylation sites (N-methyl/N-ethyl adjacent to an activating group) is 1. The van der Waals surface area contributed by atoms with Gasteiger partial charge in [-0.05, 0) is 19.3 Å². The second kappa shape index (κ2) is 60.8. The summed E-state index contributed by atoms with van der Waals surface area (Å²) in [6.07, 6.45) is 77.7. The molecule has 0 aliphatic carbocycles. The highest BCUT2D eigenvalue weighted by atomic mass is 31.2. The number of phosphoric acid groups is 1. The average molecular weight is 1120 g/mol. The molecule has 1 amide bonds. The minimum absolute atomic E-state index is 0.00297. The number of allylic oxidation sites excluding steroid dienone is 1. The number of aliphatic hydroxyl groups is 1. The molecule has 0 heterocycles. The van der Waals surface area contributed by atoms with E-state index in [4.69, 9.17) is 9.05 Å². The number of quaternary nitrogens is 1. The van der Waals surface area contributed by atoms with E-state index in [1.165, 1.54) is 315 Å². The number of carbonyl (C=O) groups excluding carboxylic acids is 1. The molecule has 0 spiro atoms. The van der Waals surface area contributed by atoms with Crippen LogP contribution in [0.15, 0.2) is 12.2 Å². The van der Waals surface area contributed by atoms with E-state index in [1.807, 2.05) is 27.2 Å². The number of hydrogen-bond acceptors (Lipinski definition) is 6. The van der Waals surface area contributed by atoms with Crippen LogP contribution in [0.25, 0.3) is 0 Å². The summed E-state index contributed by atoms with van der Waals surface area (Å²) in [5.41, 5.74) is 0. The highest BCUT2D eigenvalue weighted by Crippen LogP contribution is 2.38. The normalized spacial score (nSPS) is 13.7. The lowest BCUT2D eigenvalue weighted by molar-refractivity contribution is -0.870. The summed E-state index contributed by atoms with van der Waals surface area (Å²) in [4.78, 5) is 25.6. The van der Waals surface area contributed by atoms with Gasteiger partial charge in [-0.3, -0.25) is 9.36 Å². The fourth-order valence-corrected chi connectivity index (χ4v) is 11.8. The Balaban J connectivity index is 3.99. The largest absolute Gasteiger partial charge is 0.756 e. The number of rotatable bonds is 66. The number of nitrogens with one attached hydrogen (secondary N) is 1. The second-order valence-electron chi connectivity index (χ2n) is 25.6. The first-order chi connectivity index (χ1) is 38.0. The Morgan fingerprint density at radius 1 is 0.436 bits per heavy atom. The number of aliphatic hydroxyl groups excluding tert-OH is 1. The molecule has 0 aliphatic rings. The molecule has 3 atom stereocenters. The molecule has 9 heteroatoms. The van der Waals surface area contributed by atoms with E-state index in [0.717, 1.165) is 38.5 Å². The summed E-state index contributed by atoms with van der Waals surface area (Å²) < 4.78 is 23.5. The van der Waals surface area contributed by atoms with Crippen LogP contribution in [0.1, 0.15) is 373 Å². The lowest BCUT2D eigenvalue weighted by atomic mass is 10.0. The number of nitrogens with zero attached hydrogens (tertiary/aromatic N) is 1. The van der Waals surface area contributed by atoms with Gasteiger partial charge in [0, 0.05) is 6.42 Å². The van der Waals surface area contributed by atoms with Crippen LogP contribution >= 0.6 is 7.82 Å². The highest BCUT2D eigenvalue weighted by Gasteiger charge is 2.23. The van der Waals surface area contributed by atoms with Gasteiger partial charge in [0.05, 0.1) is 39.9 Å². The maximum absolute atomic E-state index is 13.0. The predicted molar refractivity (Wildman–Crippen MR) is 339 cm³/mol. The first-order valence-electron chi connectivity index (χ1n) is 35.1. The van der Waals surface area contributed by atoms with E-state index in [9.17, 15) is 19.4 Å². The van der Waals surface area contributed by atoms with Gasteiger partial charge in [-0.15, -0.1) is 0 Å². The van der Waals surface area contributed by atoms with E-state index >= 15 is 0 Å².